The molecule has 3 fully saturated rings. The quantitative estimate of drug-likeness (QED) is 0.146. The predicted molar refractivity (Wildman–Crippen MR) is 166 cm³/mol. The lowest BCUT2D eigenvalue weighted by Gasteiger charge is -2.28. The van der Waals surface area contributed by atoms with E-state index in [0.717, 1.165) is 10.9 Å². The van der Waals surface area contributed by atoms with Gasteiger partial charge in [-0.3, -0.25) is 32.4 Å². The van der Waals surface area contributed by atoms with Gasteiger partial charge in [0.15, 0.2) is 29.8 Å². The molecule has 3 aliphatic heterocycles. The van der Waals surface area contributed by atoms with Gasteiger partial charge in [0.1, 0.15) is 30.5 Å². The molecule has 3 aromatic heterocycles. The lowest BCUT2D eigenvalue weighted by molar-refractivity contribution is -0.0554. The number of hydrogen-bond acceptors (Lipinski definition) is 14. The number of ether oxygens (including phenoxy) is 2. The standard InChI is InChI=1S/C22H22Cl2FN7O10P2S2/c23-7-1-9-10(2-8(7)24)31(5-27-9)21-15(33)17-12(40-21)4-38-43(35,45)41-16-11(3-37-44(36,46)42-17)39-20(13(16)25)32-6-28-14-18(32)29-22(26)30-19(14)34/h1-2,5-6,11-13,15-17,20-21,33H,3-4H2,(H,35,45)(H,36,46)(H3,26,29,30,34). The smallest absolute Gasteiger partial charge is 0.386 e. The Bertz CT molecular complexity index is 2010. The first-order chi connectivity index (χ1) is 21.7. The van der Waals surface area contributed by atoms with E-state index in [0.29, 0.717) is 11.0 Å². The number of aliphatic hydroxyl groups excluding tert-OH is 1. The summed E-state index contributed by atoms with van der Waals surface area (Å²) in [5.74, 6) is -0.258. The molecule has 10 atom stereocenters. The molecule has 0 spiro atoms. The average Bonchev–Trinajstić information content (AvgIpc) is 3.72. The Kier molecular flexibility index (Phi) is 8.53. The van der Waals surface area contributed by atoms with Gasteiger partial charge in [0.05, 0.1) is 46.9 Å². The van der Waals surface area contributed by atoms with Crippen LogP contribution in [0.1, 0.15) is 12.5 Å². The highest BCUT2D eigenvalue weighted by atomic mass is 35.5. The molecular weight excluding hydrogens is 738 g/mol. The first kappa shape index (κ1) is 32.8. The summed E-state index contributed by atoms with van der Waals surface area (Å²) in [5, 5.41) is 11.8. The van der Waals surface area contributed by atoms with E-state index in [1.54, 1.807) is 0 Å². The molecule has 0 saturated carbocycles. The molecule has 10 unspecified atom stereocenters. The molecule has 46 heavy (non-hydrogen) atoms. The van der Waals surface area contributed by atoms with Crippen LogP contribution in [0.2, 0.25) is 10.0 Å². The van der Waals surface area contributed by atoms with Crippen molar-refractivity contribution in [1.29, 1.82) is 0 Å². The largest absolute Gasteiger partial charge is 0.386 e. The summed E-state index contributed by atoms with van der Waals surface area (Å²) in [7, 11) is 0. The summed E-state index contributed by atoms with van der Waals surface area (Å²) in [4.78, 5) is 26.7. The van der Waals surface area contributed by atoms with Gasteiger partial charge < -0.3 is 24.9 Å². The Labute approximate surface area is 277 Å². The molecule has 4 aromatic rings. The molecule has 6 heterocycles. The number of rotatable bonds is 2. The van der Waals surface area contributed by atoms with Gasteiger partial charge in [-0.25, -0.2) is 23.5 Å². The first-order valence-electron chi connectivity index (χ1n) is 13.2. The number of aromatic amines is 1. The van der Waals surface area contributed by atoms with Crippen molar-refractivity contribution in [1.82, 2.24) is 29.1 Å². The summed E-state index contributed by atoms with van der Waals surface area (Å²) in [5.41, 5.74) is 5.59. The number of nitrogens with one attached hydrogen (secondary N) is 1. The molecule has 0 radical (unpaired) electrons. The van der Waals surface area contributed by atoms with Gasteiger partial charge in [-0.2, -0.15) is 4.98 Å². The van der Waals surface area contributed by atoms with Crippen molar-refractivity contribution in [2.24, 2.45) is 0 Å². The number of thiol groups is 2. The van der Waals surface area contributed by atoms with Crippen LogP contribution >= 0.6 is 61.3 Å². The third-order valence-electron chi connectivity index (χ3n) is 7.51. The van der Waals surface area contributed by atoms with E-state index < -0.39 is 81.5 Å². The van der Waals surface area contributed by atoms with E-state index in [1.807, 2.05) is 0 Å². The second-order valence-electron chi connectivity index (χ2n) is 10.4. The van der Waals surface area contributed by atoms with Crippen LogP contribution in [0.4, 0.5) is 10.3 Å². The van der Waals surface area contributed by atoms with Gasteiger partial charge in [-0.1, -0.05) is 47.7 Å². The van der Waals surface area contributed by atoms with Gasteiger partial charge in [0.25, 0.3) is 5.56 Å². The van der Waals surface area contributed by atoms with E-state index in [-0.39, 0.29) is 27.2 Å². The zero-order valence-electron chi connectivity index (χ0n) is 22.7. The fraction of sp³-hybridized carbons (Fsp3) is 0.455. The average molecular weight is 760 g/mol. The van der Waals surface area contributed by atoms with Crippen LogP contribution in [0, 0.1) is 0 Å². The second-order valence-corrected chi connectivity index (χ2v) is 17.0. The van der Waals surface area contributed by atoms with E-state index >= 15 is 4.39 Å². The lowest BCUT2D eigenvalue weighted by atomic mass is 10.1. The van der Waals surface area contributed by atoms with E-state index in [2.05, 4.69) is 44.4 Å². The Balaban J connectivity index is 1.17. The normalized spacial score (nSPS) is 37.2. The first-order valence-corrected chi connectivity index (χ1v) is 19.3. The van der Waals surface area contributed by atoms with E-state index in [9.17, 15) is 19.0 Å². The highest BCUT2D eigenvalue weighted by molar-refractivity contribution is 8.44. The number of alkyl halides is 1. The van der Waals surface area contributed by atoms with Gasteiger partial charge in [0, 0.05) is 0 Å². The Morgan fingerprint density at radius 1 is 0.978 bits per heavy atom. The lowest BCUT2D eigenvalue weighted by Crippen LogP contribution is -2.37. The van der Waals surface area contributed by atoms with Crippen molar-refractivity contribution in [2.45, 2.75) is 49.1 Å². The second kappa shape index (κ2) is 12.0. The molecule has 3 aliphatic rings. The molecule has 7 rings (SSSR count). The molecule has 3 saturated heterocycles. The zero-order chi connectivity index (χ0) is 32.7. The topological polar surface area (TPSA) is 217 Å². The maximum absolute atomic E-state index is 16.0. The number of hydrogen-bond donors (Lipinski definition) is 5. The maximum Gasteiger partial charge on any atom is 0.386 e. The summed E-state index contributed by atoms with van der Waals surface area (Å²) in [6.07, 6.45) is -9.64. The van der Waals surface area contributed by atoms with Gasteiger partial charge in [-0.15, -0.1) is 0 Å². The Morgan fingerprint density at radius 3 is 2.30 bits per heavy atom. The minimum atomic E-state index is -4.40. The number of nitrogen functional groups attached to an aromatic ring is 1. The molecule has 248 valence electrons. The number of aliphatic hydroxyl groups is 1. The molecule has 0 amide bonds. The monoisotopic (exact) mass is 759 g/mol. The van der Waals surface area contributed by atoms with Crippen LogP contribution in [0.5, 0.6) is 0 Å². The Hall–Kier alpha value is -1.77. The summed E-state index contributed by atoms with van der Waals surface area (Å²) >= 11 is 20.3. The van der Waals surface area contributed by atoms with Gasteiger partial charge in [0.2, 0.25) is 5.95 Å². The minimum Gasteiger partial charge on any atom is -0.386 e. The van der Waals surface area contributed by atoms with Crippen molar-refractivity contribution in [2.75, 3.05) is 18.9 Å². The summed E-state index contributed by atoms with van der Waals surface area (Å²) in [6.45, 7) is -10.0. The third-order valence-corrected chi connectivity index (χ3v) is 11.5. The number of aromatic nitrogens is 6. The number of imidazole rings is 2. The van der Waals surface area contributed by atoms with Gasteiger partial charge >= 0.3 is 13.6 Å². The Morgan fingerprint density at radius 2 is 1.59 bits per heavy atom. The van der Waals surface area contributed by atoms with Crippen molar-refractivity contribution < 1.29 is 46.2 Å². The minimum absolute atomic E-state index is 0.106. The maximum atomic E-state index is 16.0. The fourth-order valence-electron chi connectivity index (χ4n) is 5.45. The highest BCUT2D eigenvalue weighted by Gasteiger charge is 2.54. The van der Waals surface area contributed by atoms with Crippen molar-refractivity contribution in [3.8, 4) is 0 Å². The van der Waals surface area contributed by atoms with E-state index in [1.165, 1.54) is 23.0 Å². The number of H-pyrrole nitrogens is 1. The summed E-state index contributed by atoms with van der Waals surface area (Å²) in [6, 6.07) is 3.04. The molecule has 0 aliphatic carbocycles. The SMILES string of the molecule is Nc1nc2c(ncn2C2OC3COP(=O)(S)OC4C(COP(=O)(S)OC3C2F)OC(n2cnc3cc(Cl)c(Cl)cc32)C4O)c(=O)[nH]1. The number of nitrogens with two attached hydrogens (primary N) is 1. The summed E-state index contributed by atoms with van der Waals surface area (Å²) < 4.78 is 79.2. The number of nitrogens with zero attached hydrogens (tertiary/aromatic N) is 5. The van der Waals surface area contributed by atoms with Gasteiger partial charge in [-0.05, 0) is 12.1 Å². The van der Waals surface area contributed by atoms with Crippen LogP contribution in [0.25, 0.3) is 22.2 Å². The molecule has 24 heteroatoms. The van der Waals surface area contributed by atoms with Crippen molar-refractivity contribution >= 4 is 89.4 Å². The fourth-order valence-corrected chi connectivity index (χ4v) is 8.74. The van der Waals surface area contributed by atoms with Crippen LogP contribution < -0.4 is 11.3 Å². The number of benzene rings is 1. The number of halogens is 3. The molecule has 0 bridgehead atoms. The van der Waals surface area contributed by atoms with Crippen molar-refractivity contribution in [3.05, 3.63) is 45.2 Å². The van der Waals surface area contributed by atoms with Crippen LogP contribution in [-0.2, 0) is 36.7 Å². The van der Waals surface area contributed by atoms with Crippen LogP contribution in [0.3, 0.4) is 0 Å². The highest BCUT2D eigenvalue weighted by Crippen LogP contribution is 2.60. The van der Waals surface area contributed by atoms with E-state index in [4.69, 9.17) is 56.5 Å². The third kappa shape index (κ3) is 5.91. The predicted octanol–water partition coefficient (Wildman–Crippen LogP) is 3.45. The van der Waals surface area contributed by atoms with Crippen molar-refractivity contribution in [3.63, 3.8) is 0 Å². The number of fused-ring (bicyclic) bond motifs is 4. The molecule has 17 nitrogen and oxygen atoms in total. The van der Waals surface area contributed by atoms with Crippen LogP contribution in [0.15, 0.2) is 29.6 Å². The number of anilines is 1. The molecule has 4 N–H and O–H groups in total. The molecular formula is C22H22Cl2FN7O10P2S2. The molecule has 1 aromatic carbocycles. The van der Waals surface area contributed by atoms with Crippen LogP contribution in [-0.4, -0.2) is 84.1 Å². The zero-order valence-corrected chi connectivity index (χ0v) is 27.8.